The predicted octanol–water partition coefficient (Wildman–Crippen LogP) is 2.85. The highest BCUT2D eigenvalue weighted by atomic mass is 35.5. The highest BCUT2D eigenvalue weighted by Gasteiger charge is 2.11. The van der Waals surface area contributed by atoms with E-state index in [0.717, 1.165) is 0 Å². The van der Waals surface area contributed by atoms with Crippen molar-refractivity contribution in [1.29, 1.82) is 0 Å². The zero-order chi connectivity index (χ0) is 17.1. The van der Waals surface area contributed by atoms with E-state index in [1.165, 1.54) is 12.1 Å². The van der Waals surface area contributed by atoms with Crippen LogP contribution in [0.25, 0.3) is 0 Å². The van der Waals surface area contributed by atoms with E-state index in [1.54, 1.807) is 13.8 Å². The van der Waals surface area contributed by atoms with Gasteiger partial charge in [-0.2, -0.15) is 0 Å². The van der Waals surface area contributed by atoms with Crippen molar-refractivity contribution >= 4 is 40.5 Å². The largest absolute Gasteiger partial charge is 0.396 e. The minimum Gasteiger partial charge on any atom is -0.396 e. The Labute approximate surface area is 143 Å². The van der Waals surface area contributed by atoms with Crippen molar-refractivity contribution in [2.24, 2.45) is 0 Å². The summed E-state index contributed by atoms with van der Waals surface area (Å²) in [5.41, 5.74) is 7.25. The van der Waals surface area contributed by atoms with E-state index in [2.05, 4.69) is 15.3 Å². The number of carbonyl (C=O) groups excluding carboxylic acids is 1. The number of hydrogen-bond acceptors (Lipinski definition) is 4. The molecule has 0 aliphatic heterocycles. The summed E-state index contributed by atoms with van der Waals surface area (Å²) in [7, 11) is 0. The van der Waals surface area contributed by atoms with Crippen molar-refractivity contribution in [2.45, 2.75) is 26.7 Å². The van der Waals surface area contributed by atoms with E-state index >= 15 is 0 Å². The molecule has 0 radical (unpaired) electrons. The molecular weight excluding hydrogens is 339 g/mol. The number of nitrogens with two attached hydrogens (primary N) is 1. The van der Waals surface area contributed by atoms with Crippen LogP contribution in [-0.2, 0) is 11.2 Å². The maximum atomic E-state index is 12.0. The van der Waals surface area contributed by atoms with Crippen LogP contribution in [0.2, 0.25) is 10.0 Å². The van der Waals surface area contributed by atoms with Gasteiger partial charge in [0.2, 0.25) is 5.91 Å². The van der Waals surface area contributed by atoms with Gasteiger partial charge in [0.25, 0.3) is 5.56 Å². The second kappa shape index (κ2) is 7.02. The molecule has 1 aromatic carbocycles. The van der Waals surface area contributed by atoms with Gasteiger partial charge in [-0.15, -0.1) is 0 Å². The Hall–Kier alpha value is -2.05. The third kappa shape index (κ3) is 4.24. The Morgan fingerprint density at radius 2 is 1.91 bits per heavy atom. The van der Waals surface area contributed by atoms with Gasteiger partial charge in [0.05, 0.1) is 15.7 Å². The standard InChI is InChI=1S/C15H16Cl2N4O2/c1-7-10(15(23)20-8(2)19-7)3-4-13(22)21-9-5-11(16)14(18)12(17)6-9/h5-6H,3-4,18H2,1-2H3,(H,21,22)(H,19,20,23). The summed E-state index contributed by atoms with van der Waals surface area (Å²) in [5.74, 6) is 0.285. The molecule has 2 rings (SSSR count). The van der Waals surface area contributed by atoms with Crippen molar-refractivity contribution in [3.8, 4) is 0 Å². The molecular formula is C15H16Cl2N4O2. The zero-order valence-electron chi connectivity index (χ0n) is 12.7. The molecule has 0 fully saturated rings. The molecule has 0 saturated heterocycles. The summed E-state index contributed by atoms with van der Waals surface area (Å²) < 4.78 is 0. The molecule has 0 saturated carbocycles. The lowest BCUT2D eigenvalue weighted by atomic mass is 10.1. The fourth-order valence-electron chi connectivity index (χ4n) is 2.16. The van der Waals surface area contributed by atoms with Crippen molar-refractivity contribution in [2.75, 3.05) is 11.1 Å². The number of nitrogens with zero attached hydrogens (tertiary/aromatic N) is 1. The third-order valence-corrected chi connectivity index (χ3v) is 3.93. The normalized spacial score (nSPS) is 10.6. The monoisotopic (exact) mass is 354 g/mol. The van der Waals surface area contributed by atoms with Crippen LogP contribution in [0.4, 0.5) is 11.4 Å². The number of nitrogen functional groups attached to an aromatic ring is 1. The average Bonchev–Trinajstić information content (AvgIpc) is 2.43. The Morgan fingerprint density at radius 3 is 2.48 bits per heavy atom. The molecule has 0 atom stereocenters. The molecule has 122 valence electrons. The fraction of sp³-hybridized carbons (Fsp3) is 0.267. The van der Waals surface area contributed by atoms with Crippen LogP contribution in [0.5, 0.6) is 0 Å². The predicted molar refractivity (Wildman–Crippen MR) is 92.2 cm³/mol. The number of aromatic nitrogens is 2. The van der Waals surface area contributed by atoms with Crippen LogP contribution in [0.3, 0.4) is 0 Å². The average molecular weight is 355 g/mol. The molecule has 0 bridgehead atoms. The fourth-order valence-corrected chi connectivity index (χ4v) is 2.65. The lowest BCUT2D eigenvalue weighted by Crippen LogP contribution is -2.20. The van der Waals surface area contributed by atoms with Crippen molar-refractivity contribution in [3.05, 3.63) is 49.6 Å². The molecule has 1 aromatic heterocycles. The highest BCUT2D eigenvalue weighted by molar-refractivity contribution is 6.39. The van der Waals surface area contributed by atoms with Gasteiger partial charge in [-0.3, -0.25) is 9.59 Å². The summed E-state index contributed by atoms with van der Waals surface area (Å²) in [6, 6.07) is 3.04. The van der Waals surface area contributed by atoms with Gasteiger partial charge >= 0.3 is 0 Å². The molecule has 1 heterocycles. The molecule has 23 heavy (non-hydrogen) atoms. The Bertz CT molecular complexity index is 795. The molecule has 0 unspecified atom stereocenters. The smallest absolute Gasteiger partial charge is 0.254 e. The lowest BCUT2D eigenvalue weighted by molar-refractivity contribution is -0.116. The number of anilines is 2. The molecule has 2 aromatic rings. The highest BCUT2D eigenvalue weighted by Crippen LogP contribution is 2.31. The molecule has 6 nitrogen and oxygen atoms in total. The maximum Gasteiger partial charge on any atom is 0.254 e. The number of aromatic amines is 1. The molecule has 8 heteroatoms. The van der Waals surface area contributed by atoms with Crippen LogP contribution < -0.4 is 16.6 Å². The van der Waals surface area contributed by atoms with Gasteiger partial charge in [-0.1, -0.05) is 23.2 Å². The Balaban J connectivity index is 2.05. The first-order chi connectivity index (χ1) is 10.8. The van der Waals surface area contributed by atoms with Gasteiger partial charge < -0.3 is 16.0 Å². The van der Waals surface area contributed by atoms with Crippen LogP contribution in [0, 0.1) is 13.8 Å². The van der Waals surface area contributed by atoms with Gasteiger partial charge in [0.15, 0.2) is 0 Å². The summed E-state index contributed by atoms with van der Waals surface area (Å²) >= 11 is 11.8. The second-order valence-corrected chi connectivity index (χ2v) is 5.93. The Kier molecular flexibility index (Phi) is 5.28. The van der Waals surface area contributed by atoms with Gasteiger partial charge in [-0.25, -0.2) is 4.98 Å². The number of benzene rings is 1. The first kappa shape index (κ1) is 17.3. The number of H-pyrrole nitrogens is 1. The summed E-state index contributed by atoms with van der Waals surface area (Å²) in [5, 5.41) is 3.21. The summed E-state index contributed by atoms with van der Waals surface area (Å²) in [6.07, 6.45) is 0.422. The van der Waals surface area contributed by atoms with Gasteiger partial charge in [-0.05, 0) is 32.4 Å². The van der Waals surface area contributed by atoms with E-state index in [1.807, 2.05) is 0 Å². The number of hydrogen-bond donors (Lipinski definition) is 3. The second-order valence-electron chi connectivity index (χ2n) is 5.12. The summed E-state index contributed by atoms with van der Waals surface area (Å²) in [6.45, 7) is 3.45. The van der Waals surface area contributed by atoms with Gasteiger partial charge in [0, 0.05) is 23.4 Å². The van der Waals surface area contributed by atoms with Crippen LogP contribution in [0.1, 0.15) is 23.5 Å². The van der Waals surface area contributed by atoms with E-state index < -0.39 is 0 Å². The first-order valence-corrected chi connectivity index (χ1v) is 7.64. The van der Waals surface area contributed by atoms with Crippen molar-refractivity contribution in [1.82, 2.24) is 9.97 Å². The number of amides is 1. The quantitative estimate of drug-likeness (QED) is 0.734. The van der Waals surface area contributed by atoms with E-state index in [-0.39, 0.29) is 40.0 Å². The topological polar surface area (TPSA) is 101 Å². The number of rotatable bonds is 4. The zero-order valence-corrected chi connectivity index (χ0v) is 14.2. The number of aryl methyl sites for hydroxylation is 2. The van der Waals surface area contributed by atoms with Crippen LogP contribution >= 0.6 is 23.2 Å². The molecule has 1 amide bonds. The minimum atomic E-state index is -0.263. The van der Waals surface area contributed by atoms with E-state index in [9.17, 15) is 9.59 Å². The van der Waals surface area contributed by atoms with E-state index in [4.69, 9.17) is 28.9 Å². The molecule has 0 spiro atoms. The SMILES string of the molecule is Cc1nc(C)c(CCC(=O)Nc2cc(Cl)c(N)c(Cl)c2)c(=O)[nH]1. The first-order valence-electron chi connectivity index (χ1n) is 6.88. The van der Waals surface area contributed by atoms with Gasteiger partial charge in [0.1, 0.15) is 5.82 Å². The summed E-state index contributed by atoms with van der Waals surface area (Å²) in [4.78, 5) is 30.7. The van der Waals surface area contributed by atoms with Crippen LogP contribution in [-0.4, -0.2) is 15.9 Å². The van der Waals surface area contributed by atoms with Crippen molar-refractivity contribution < 1.29 is 4.79 Å². The minimum absolute atomic E-state index is 0.133. The number of halogens is 2. The third-order valence-electron chi connectivity index (χ3n) is 3.31. The van der Waals surface area contributed by atoms with E-state index in [0.29, 0.717) is 22.8 Å². The molecule has 0 aliphatic carbocycles. The number of nitrogens with one attached hydrogen (secondary N) is 2. The molecule has 0 aliphatic rings. The molecule has 4 N–H and O–H groups in total. The maximum absolute atomic E-state index is 12.0. The lowest BCUT2D eigenvalue weighted by Gasteiger charge is -2.09. The van der Waals surface area contributed by atoms with Crippen molar-refractivity contribution in [3.63, 3.8) is 0 Å². The number of carbonyl (C=O) groups is 1. The van der Waals surface area contributed by atoms with Crippen LogP contribution in [0.15, 0.2) is 16.9 Å². The Morgan fingerprint density at radius 1 is 1.30 bits per heavy atom.